The lowest BCUT2D eigenvalue weighted by Crippen LogP contribution is -2.24. The van der Waals surface area contributed by atoms with Gasteiger partial charge in [0.1, 0.15) is 0 Å². The SMILES string of the molecule is Cl.NCCCC(=O)NCCCCc1ccc([N+](=O)[O-])cc1. The molecule has 0 radical (unpaired) electrons. The molecule has 1 amide bonds. The molecule has 118 valence electrons. The number of hydrogen-bond donors (Lipinski definition) is 2. The maximum absolute atomic E-state index is 11.3. The van der Waals surface area contributed by atoms with Crippen LogP contribution in [-0.2, 0) is 11.2 Å². The van der Waals surface area contributed by atoms with Crippen molar-refractivity contribution in [1.29, 1.82) is 0 Å². The molecule has 1 aromatic carbocycles. The van der Waals surface area contributed by atoms with E-state index in [1.165, 1.54) is 12.1 Å². The van der Waals surface area contributed by atoms with Gasteiger partial charge in [0.25, 0.3) is 5.69 Å². The van der Waals surface area contributed by atoms with E-state index < -0.39 is 4.92 Å². The third-order valence-electron chi connectivity index (χ3n) is 2.97. The van der Waals surface area contributed by atoms with Gasteiger partial charge in [-0.2, -0.15) is 0 Å². The van der Waals surface area contributed by atoms with E-state index in [1.807, 2.05) is 0 Å². The van der Waals surface area contributed by atoms with E-state index in [2.05, 4.69) is 5.32 Å². The van der Waals surface area contributed by atoms with Crippen LogP contribution in [0.3, 0.4) is 0 Å². The number of hydrogen-bond acceptors (Lipinski definition) is 4. The number of nitrogens with zero attached hydrogens (tertiary/aromatic N) is 1. The molecule has 0 unspecified atom stereocenters. The van der Waals surface area contributed by atoms with Crippen LogP contribution in [0, 0.1) is 10.1 Å². The summed E-state index contributed by atoms with van der Waals surface area (Å²) >= 11 is 0. The van der Waals surface area contributed by atoms with Gasteiger partial charge in [0, 0.05) is 25.1 Å². The second kappa shape index (κ2) is 11.0. The highest BCUT2D eigenvalue weighted by molar-refractivity contribution is 5.85. The Morgan fingerprint density at radius 3 is 2.43 bits per heavy atom. The Hall–Kier alpha value is -1.66. The fraction of sp³-hybridized carbons (Fsp3) is 0.500. The summed E-state index contributed by atoms with van der Waals surface area (Å²) in [6.07, 6.45) is 3.89. The van der Waals surface area contributed by atoms with Gasteiger partial charge in [0.15, 0.2) is 0 Å². The highest BCUT2D eigenvalue weighted by atomic mass is 35.5. The Morgan fingerprint density at radius 2 is 1.86 bits per heavy atom. The zero-order chi connectivity index (χ0) is 14.8. The monoisotopic (exact) mass is 315 g/mol. The Balaban J connectivity index is 0.00000400. The minimum absolute atomic E-state index is 0. The summed E-state index contributed by atoms with van der Waals surface area (Å²) < 4.78 is 0. The summed E-state index contributed by atoms with van der Waals surface area (Å²) in [6, 6.07) is 6.59. The van der Waals surface area contributed by atoms with Crippen molar-refractivity contribution in [1.82, 2.24) is 5.32 Å². The summed E-state index contributed by atoms with van der Waals surface area (Å²) in [5.41, 5.74) is 6.51. The van der Waals surface area contributed by atoms with Crippen LogP contribution < -0.4 is 11.1 Å². The average molecular weight is 316 g/mol. The van der Waals surface area contributed by atoms with E-state index in [9.17, 15) is 14.9 Å². The molecule has 1 aromatic rings. The van der Waals surface area contributed by atoms with Gasteiger partial charge in [-0.3, -0.25) is 14.9 Å². The van der Waals surface area contributed by atoms with Crippen LogP contribution >= 0.6 is 12.4 Å². The van der Waals surface area contributed by atoms with Crippen molar-refractivity contribution >= 4 is 24.0 Å². The molecule has 3 N–H and O–H groups in total. The van der Waals surface area contributed by atoms with Gasteiger partial charge < -0.3 is 11.1 Å². The minimum atomic E-state index is -0.402. The van der Waals surface area contributed by atoms with Crippen LogP contribution in [0.15, 0.2) is 24.3 Å². The molecule has 0 spiro atoms. The van der Waals surface area contributed by atoms with Crippen LogP contribution in [0.1, 0.15) is 31.2 Å². The third kappa shape index (κ3) is 8.27. The van der Waals surface area contributed by atoms with Crippen LogP contribution in [0.4, 0.5) is 5.69 Å². The maximum Gasteiger partial charge on any atom is 0.269 e. The first-order chi connectivity index (χ1) is 9.63. The third-order valence-corrected chi connectivity index (χ3v) is 2.97. The number of nitrogens with two attached hydrogens (primary N) is 1. The van der Waals surface area contributed by atoms with E-state index in [4.69, 9.17) is 5.73 Å². The van der Waals surface area contributed by atoms with Crippen LogP contribution in [0.25, 0.3) is 0 Å². The van der Waals surface area contributed by atoms with Gasteiger partial charge in [-0.1, -0.05) is 12.1 Å². The first kappa shape index (κ1) is 19.3. The molecule has 0 aliphatic heterocycles. The van der Waals surface area contributed by atoms with Gasteiger partial charge in [-0.25, -0.2) is 0 Å². The van der Waals surface area contributed by atoms with E-state index >= 15 is 0 Å². The Kier molecular flexibility index (Phi) is 10.2. The second-order valence-electron chi connectivity index (χ2n) is 4.62. The average Bonchev–Trinajstić information content (AvgIpc) is 2.45. The number of non-ortho nitro benzene ring substituents is 1. The molecule has 0 fully saturated rings. The lowest BCUT2D eigenvalue weighted by molar-refractivity contribution is -0.384. The number of rotatable bonds is 9. The topological polar surface area (TPSA) is 98.3 Å². The standard InChI is InChI=1S/C14H21N3O3.ClH/c15-10-3-5-14(18)16-11-2-1-4-12-6-8-13(9-7-12)17(19)20;/h6-9H,1-5,10-11,15H2,(H,16,18);1H. The first-order valence-corrected chi connectivity index (χ1v) is 6.83. The molecule has 21 heavy (non-hydrogen) atoms. The number of nitro groups is 1. The van der Waals surface area contributed by atoms with Gasteiger partial charge >= 0.3 is 0 Å². The molecular formula is C14H22ClN3O3. The van der Waals surface area contributed by atoms with E-state index in [0.717, 1.165) is 24.8 Å². The smallest absolute Gasteiger partial charge is 0.269 e. The largest absolute Gasteiger partial charge is 0.356 e. The van der Waals surface area contributed by atoms with Crippen molar-refractivity contribution in [3.8, 4) is 0 Å². The molecule has 7 heteroatoms. The number of nitrogens with one attached hydrogen (secondary N) is 1. The summed E-state index contributed by atoms with van der Waals surface area (Å²) in [6.45, 7) is 1.20. The molecule has 0 aliphatic rings. The molecule has 0 heterocycles. The zero-order valence-electron chi connectivity index (χ0n) is 11.9. The van der Waals surface area contributed by atoms with Crippen LogP contribution in [-0.4, -0.2) is 23.9 Å². The Morgan fingerprint density at radius 1 is 1.19 bits per heavy atom. The zero-order valence-corrected chi connectivity index (χ0v) is 12.7. The van der Waals surface area contributed by atoms with Crippen molar-refractivity contribution in [3.05, 3.63) is 39.9 Å². The van der Waals surface area contributed by atoms with Crippen molar-refractivity contribution in [2.45, 2.75) is 32.1 Å². The van der Waals surface area contributed by atoms with Gasteiger partial charge in [0.05, 0.1) is 4.92 Å². The van der Waals surface area contributed by atoms with E-state index in [-0.39, 0.29) is 24.0 Å². The number of carbonyl (C=O) groups excluding carboxylic acids is 1. The summed E-state index contributed by atoms with van der Waals surface area (Å²) in [7, 11) is 0. The fourth-order valence-electron chi connectivity index (χ4n) is 1.82. The molecule has 0 saturated carbocycles. The first-order valence-electron chi connectivity index (χ1n) is 6.83. The molecular weight excluding hydrogens is 294 g/mol. The molecule has 0 saturated heterocycles. The molecule has 1 rings (SSSR count). The molecule has 0 atom stereocenters. The quantitative estimate of drug-likeness (QED) is 0.414. The Bertz CT molecular complexity index is 438. The van der Waals surface area contributed by atoms with Crippen LogP contribution in [0.2, 0.25) is 0 Å². The van der Waals surface area contributed by atoms with Gasteiger partial charge in [0.2, 0.25) is 5.91 Å². The van der Waals surface area contributed by atoms with E-state index in [0.29, 0.717) is 25.9 Å². The number of unbranched alkanes of at least 4 members (excludes halogenated alkanes) is 1. The molecule has 0 aromatic heterocycles. The number of amides is 1. The number of carbonyl (C=O) groups is 1. The molecule has 0 aliphatic carbocycles. The minimum Gasteiger partial charge on any atom is -0.356 e. The number of benzene rings is 1. The molecule has 0 bridgehead atoms. The summed E-state index contributed by atoms with van der Waals surface area (Å²) in [4.78, 5) is 21.4. The summed E-state index contributed by atoms with van der Waals surface area (Å²) in [5, 5.41) is 13.4. The maximum atomic E-state index is 11.3. The van der Waals surface area contributed by atoms with E-state index in [1.54, 1.807) is 12.1 Å². The van der Waals surface area contributed by atoms with Crippen LogP contribution in [0.5, 0.6) is 0 Å². The normalized spacial score (nSPS) is 9.76. The predicted octanol–water partition coefficient (Wildman–Crippen LogP) is 2.19. The van der Waals surface area contributed by atoms with Crippen molar-refractivity contribution in [2.75, 3.05) is 13.1 Å². The van der Waals surface area contributed by atoms with Gasteiger partial charge in [-0.15, -0.1) is 12.4 Å². The summed E-state index contributed by atoms with van der Waals surface area (Å²) in [5.74, 6) is 0.0470. The van der Waals surface area contributed by atoms with Crippen molar-refractivity contribution < 1.29 is 9.72 Å². The lowest BCUT2D eigenvalue weighted by Gasteiger charge is -2.05. The number of halogens is 1. The predicted molar refractivity (Wildman–Crippen MR) is 84.6 cm³/mol. The molecule has 6 nitrogen and oxygen atoms in total. The number of nitro benzene ring substituents is 1. The highest BCUT2D eigenvalue weighted by Crippen LogP contribution is 2.13. The van der Waals surface area contributed by atoms with Crippen molar-refractivity contribution in [3.63, 3.8) is 0 Å². The highest BCUT2D eigenvalue weighted by Gasteiger charge is 2.04. The lowest BCUT2D eigenvalue weighted by atomic mass is 10.1. The van der Waals surface area contributed by atoms with Gasteiger partial charge in [-0.05, 0) is 37.8 Å². The Labute approximate surface area is 130 Å². The number of aryl methyl sites for hydroxylation is 1. The second-order valence-corrected chi connectivity index (χ2v) is 4.62. The fourth-order valence-corrected chi connectivity index (χ4v) is 1.82. The van der Waals surface area contributed by atoms with Crippen molar-refractivity contribution in [2.24, 2.45) is 5.73 Å².